The molecule has 4 rings (SSSR count). The highest BCUT2D eigenvalue weighted by Gasteiger charge is 2.35. The Bertz CT molecular complexity index is 1340. The number of anilines is 1. The van der Waals surface area contributed by atoms with Crippen molar-refractivity contribution in [2.45, 2.75) is 19.2 Å². The molecule has 0 bridgehead atoms. The van der Waals surface area contributed by atoms with Gasteiger partial charge in [-0.05, 0) is 25.1 Å². The highest BCUT2D eigenvalue weighted by Crippen LogP contribution is 2.39. The second-order valence-electron chi connectivity index (χ2n) is 7.25. The lowest BCUT2D eigenvalue weighted by molar-refractivity contribution is -0.137. The van der Waals surface area contributed by atoms with Crippen LogP contribution in [0.4, 0.5) is 18.3 Å². The summed E-state index contributed by atoms with van der Waals surface area (Å²) < 4.78 is 46.6. The van der Waals surface area contributed by atoms with Gasteiger partial charge in [0.2, 0.25) is 0 Å². The first-order valence-electron chi connectivity index (χ1n) is 9.86. The van der Waals surface area contributed by atoms with Crippen molar-refractivity contribution in [2.24, 2.45) is 0 Å². The summed E-state index contributed by atoms with van der Waals surface area (Å²) in [6, 6.07) is 3.24. The first-order chi connectivity index (χ1) is 16.2. The third-order valence-electron chi connectivity index (χ3n) is 4.69. The number of amides is 1. The third kappa shape index (κ3) is 5.00. The van der Waals surface area contributed by atoms with E-state index in [1.807, 2.05) is 6.92 Å². The molecule has 9 nitrogen and oxygen atoms in total. The van der Waals surface area contributed by atoms with Crippen LogP contribution in [0.25, 0.3) is 22.4 Å². The lowest BCUT2D eigenvalue weighted by Crippen LogP contribution is -2.21. The number of nitrogens with zero attached hydrogens (tertiary/aromatic N) is 3. The summed E-state index contributed by atoms with van der Waals surface area (Å²) in [5.41, 5.74) is -0.799. The molecule has 3 heterocycles. The molecule has 1 aromatic carbocycles. The minimum atomic E-state index is -4.75. The lowest BCUT2D eigenvalue weighted by Gasteiger charge is -2.15. The number of alkyl halides is 3. The van der Waals surface area contributed by atoms with Gasteiger partial charge < -0.3 is 19.9 Å². The summed E-state index contributed by atoms with van der Waals surface area (Å²) in [5.74, 6) is -0.802. The van der Waals surface area contributed by atoms with Crippen LogP contribution in [0.1, 0.15) is 20.8 Å². The highest BCUT2D eigenvalue weighted by atomic mass is 32.1. The molecule has 0 aliphatic heterocycles. The van der Waals surface area contributed by atoms with Crippen molar-refractivity contribution in [3.05, 3.63) is 52.8 Å². The summed E-state index contributed by atoms with van der Waals surface area (Å²) in [7, 11) is 0. The minimum Gasteiger partial charge on any atom is -0.491 e. The molecular weight excluding hydrogens is 475 g/mol. The monoisotopic (exact) mass is 493 g/mol. The summed E-state index contributed by atoms with van der Waals surface area (Å²) in [6.07, 6.45) is -1.74. The van der Waals surface area contributed by atoms with E-state index in [-0.39, 0.29) is 40.3 Å². The van der Waals surface area contributed by atoms with Crippen LogP contribution < -0.4 is 10.1 Å². The van der Waals surface area contributed by atoms with Crippen molar-refractivity contribution in [3.63, 3.8) is 0 Å². The molecule has 0 saturated heterocycles. The fourth-order valence-corrected chi connectivity index (χ4v) is 3.76. The molecule has 4 aromatic rings. The van der Waals surface area contributed by atoms with Crippen molar-refractivity contribution in [2.75, 3.05) is 18.5 Å². The van der Waals surface area contributed by atoms with Crippen LogP contribution in [-0.2, 0) is 6.18 Å². The van der Waals surface area contributed by atoms with Crippen molar-refractivity contribution in [3.8, 4) is 17.1 Å². The number of benzene rings is 1. The highest BCUT2D eigenvalue weighted by molar-refractivity contribution is 7.15. The maximum absolute atomic E-state index is 13.8. The number of aliphatic hydroxyl groups is 2. The number of halogens is 3. The van der Waals surface area contributed by atoms with Gasteiger partial charge in [0.15, 0.2) is 5.13 Å². The van der Waals surface area contributed by atoms with Gasteiger partial charge in [0.1, 0.15) is 29.8 Å². The number of pyridine rings is 1. The van der Waals surface area contributed by atoms with Gasteiger partial charge in [-0.25, -0.2) is 9.97 Å². The predicted molar refractivity (Wildman–Crippen MR) is 118 cm³/mol. The van der Waals surface area contributed by atoms with Crippen molar-refractivity contribution in [1.29, 1.82) is 0 Å². The molecule has 0 aliphatic rings. The largest absolute Gasteiger partial charge is 0.491 e. The quantitative estimate of drug-likeness (QED) is 0.310. The zero-order chi connectivity index (χ0) is 24.5. The van der Waals surface area contributed by atoms with Crippen LogP contribution in [0.2, 0.25) is 0 Å². The number of thiazole rings is 1. The molecule has 0 aliphatic carbocycles. The smallest absolute Gasteiger partial charge is 0.417 e. The number of ether oxygens (including phenoxy) is 1. The van der Waals surface area contributed by atoms with Gasteiger partial charge in [-0.15, -0.1) is 11.3 Å². The van der Waals surface area contributed by atoms with E-state index in [0.29, 0.717) is 5.13 Å². The van der Waals surface area contributed by atoms with E-state index in [1.54, 1.807) is 6.20 Å². The molecular formula is C21H18F3N5O4S. The molecule has 3 aromatic heterocycles. The second kappa shape index (κ2) is 9.37. The van der Waals surface area contributed by atoms with E-state index >= 15 is 0 Å². The van der Waals surface area contributed by atoms with Gasteiger partial charge in [0, 0.05) is 22.8 Å². The number of aliphatic hydroxyl groups excluding tert-OH is 2. The average molecular weight is 493 g/mol. The predicted octanol–water partition coefficient (Wildman–Crippen LogP) is 3.39. The fourth-order valence-electron chi connectivity index (χ4n) is 3.10. The second-order valence-corrected chi connectivity index (χ2v) is 8.49. The number of imidazole rings is 1. The van der Waals surface area contributed by atoms with Crippen LogP contribution in [0.3, 0.4) is 0 Å². The summed E-state index contributed by atoms with van der Waals surface area (Å²) >= 11 is 1.27. The van der Waals surface area contributed by atoms with Crippen molar-refractivity contribution < 1.29 is 32.9 Å². The first kappa shape index (κ1) is 23.6. The summed E-state index contributed by atoms with van der Waals surface area (Å²) in [4.78, 5) is 28.7. The Kier molecular flexibility index (Phi) is 6.50. The molecule has 1 atom stereocenters. The number of aromatic amines is 1. The molecule has 4 N–H and O–H groups in total. The maximum Gasteiger partial charge on any atom is 0.417 e. The molecule has 178 valence electrons. The Morgan fingerprint density at radius 2 is 2.09 bits per heavy atom. The number of fused-ring (bicyclic) bond motifs is 1. The topological polar surface area (TPSA) is 133 Å². The Morgan fingerprint density at radius 1 is 1.29 bits per heavy atom. The standard InChI is InChI=1S/C21H18F3N5O4S/c1-10-5-26-20(34-10)29-19(32)14-6-25-7-16-17(14)28-18(27-16)13-3-2-12(33-9-11(31)8-30)4-15(13)21(22,23)24/h2-7,11,30-31H,8-9H2,1H3,(H,27,28)(H,26,29,32). The van der Waals surface area contributed by atoms with E-state index < -0.39 is 30.4 Å². The summed E-state index contributed by atoms with van der Waals surface area (Å²) in [5, 5.41) is 21.2. The minimum absolute atomic E-state index is 0.0688. The fraction of sp³-hybridized carbons (Fsp3) is 0.238. The van der Waals surface area contributed by atoms with Gasteiger partial charge in [0.05, 0.1) is 29.4 Å². The number of carbonyl (C=O) groups excluding carboxylic acids is 1. The number of hydrogen-bond donors (Lipinski definition) is 4. The molecule has 0 spiro atoms. The number of hydrogen-bond acceptors (Lipinski definition) is 8. The van der Waals surface area contributed by atoms with Crippen LogP contribution >= 0.6 is 11.3 Å². The van der Waals surface area contributed by atoms with Crippen LogP contribution in [0.5, 0.6) is 5.75 Å². The number of aromatic nitrogens is 4. The van der Waals surface area contributed by atoms with E-state index in [4.69, 9.17) is 9.84 Å². The van der Waals surface area contributed by atoms with E-state index in [0.717, 1.165) is 10.9 Å². The van der Waals surface area contributed by atoms with Gasteiger partial charge >= 0.3 is 6.18 Å². The Morgan fingerprint density at radius 3 is 2.76 bits per heavy atom. The van der Waals surface area contributed by atoms with Crippen LogP contribution in [0, 0.1) is 6.92 Å². The van der Waals surface area contributed by atoms with Gasteiger partial charge in [-0.2, -0.15) is 13.2 Å². The molecule has 1 amide bonds. The molecule has 0 radical (unpaired) electrons. The van der Waals surface area contributed by atoms with Gasteiger partial charge in [-0.1, -0.05) is 0 Å². The summed E-state index contributed by atoms with van der Waals surface area (Å²) in [6.45, 7) is 0.870. The Labute approximate surface area is 194 Å². The maximum atomic E-state index is 13.8. The SMILES string of the molecule is Cc1cnc(NC(=O)c2cncc3[nH]c(-c4ccc(OCC(O)CO)cc4C(F)(F)F)nc23)s1. The van der Waals surface area contributed by atoms with E-state index in [2.05, 4.69) is 25.3 Å². The number of H-pyrrole nitrogens is 1. The number of carbonyl (C=O) groups is 1. The first-order valence-corrected chi connectivity index (χ1v) is 10.7. The van der Waals surface area contributed by atoms with Crippen molar-refractivity contribution >= 4 is 33.4 Å². The molecule has 13 heteroatoms. The number of rotatable bonds is 7. The van der Waals surface area contributed by atoms with Gasteiger partial charge in [0.25, 0.3) is 5.91 Å². The van der Waals surface area contributed by atoms with Crippen molar-refractivity contribution in [1.82, 2.24) is 19.9 Å². The zero-order valence-electron chi connectivity index (χ0n) is 17.6. The van der Waals surface area contributed by atoms with Crippen LogP contribution in [-0.4, -0.2) is 55.4 Å². The van der Waals surface area contributed by atoms with E-state index in [9.17, 15) is 23.1 Å². The average Bonchev–Trinajstić information content (AvgIpc) is 3.42. The number of nitrogens with one attached hydrogen (secondary N) is 2. The van der Waals surface area contributed by atoms with Crippen LogP contribution in [0.15, 0.2) is 36.8 Å². The molecule has 1 unspecified atom stereocenters. The molecule has 0 saturated carbocycles. The van der Waals surface area contributed by atoms with E-state index in [1.165, 1.54) is 35.9 Å². The Balaban J connectivity index is 1.70. The normalized spacial score (nSPS) is 12.6. The molecule has 0 fully saturated rings. The third-order valence-corrected chi connectivity index (χ3v) is 5.51. The lowest BCUT2D eigenvalue weighted by atomic mass is 10.1. The molecule has 34 heavy (non-hydrogen) atoms. The number of aryl methyl sites for hydroxylation is 1. The Hall–Kier alpha value is -3.55. The van der Waals surface area contributed by atoms with Gasteiger partial charge in [-0.3, -0.25) is 15.1 Å². The zero-order valence-corrected chi connectivity index (χ0v) is 18.4.